The van der Waals surface area contributed by atoms with Crippen molar-refractivity contribution in [2.24, 2.45) is 0 Å². The summed E-state index contributed by atoms with van der Waals surface area (Å²) in [5.41, 5.74) is 0.0555. The Morgan fingerprint density at radius 2 is 2.16 bits per heavy atom. The molecule has 0 amide bonds. The third-order valence-electron chi connectivity index (χ3n) is 3.04. The summed E-state index contributed by atoms with van der Waals surface area (Å²) in [4.78, 5) is 13.3. The molecule has 1 unspecified atom stereocenters. The quantitative estimate of drug-likeness (QED) is 0.871. The van der Waals surface area contributed by atoms with Crippen LogP contribution in [0.2, 0.25) is 0 Å². The first-order valence-corrected chi connectivity index (χ1v) is 8.36. The minimum absolute atomic E-state index is 0.0711. The van der Waals surface area contributed by atoms with Gasteiger partial charge in [0, 0.05) is 18.3 Å². The molecule has 0 spiro atoms. The van der Waals surface area contributed by atoms with Gasteiger partial charge in [0.1, 0.15) is 0 Å². The lowest BCUT2D eigenvalue weighted by Gasteiger charge is -2.35. The fraction of sp³-hybridized carbons (Fsp3) is 0.727. The topological polar surface area (TPSA) is 88.3 Å². The van der Waals surface area contributed by atoms with Crippen LogP contribution in [0.3, 0.4) is 0 Å². The maximum Gasteiger partial charge on any atom is 0.305 e. The predicted octanol–water partition coefficient (Wildman–Crippen LogP) is 0.981. The third-order valence-corrected chi connectivity index (χ3v) is 6.17. The molecule has 1 aromatic heterocycles. The molecule has 1 fully saturated rings. The lowest BCUT2D eigenvalue weighted by Crippen LogP contribution is -2.45. The largest absolute Gasteiger partial charge is 0.375 e. The van der Waals surface area contributed by atoms with Gasteiger partial charge in [0.15, 0.2) is 4.21 Å². The fourth-order valence-corrected chi connectivity index (χ4v) is 4.84. The van der Waals surface area contributed by atoms with Gasteiger partial charge in [-0.05, 0) is 33.6 Å². The lowest BCUT2D eigenvalue weighted by molar-refractivity contribution is -0.0599. The molecule has 6 nitrogen and oxygen atoms in total. The minimum Gasteiger partial charge on any atom is -0.375 e. The van der Waals surface area contributed by atoms with Crippen LogP contribution < -0.4 is 9.60 Å². The number of hydrogen-bond acceptors (Lipinski definition) is 5. The standard InChI is InChI=1S/C11H18N2O4S2/c1-7-9(18-10(14)12-7)19(15,16)13-8-4-5-17-11(2,3)6-8/h8,13H,4-6H2,1-3H3,(H,12,14). The second-order valence-corrected chi connectivity index (χ2v) is 8.24. The zero-order valence-corrected chi connectivity index (χ0v) is 12.8. The Bertz CT molecular complexity index is 615. The van der Waals surface area contributed by atoms with Gasteiger partial charge in [-0.15, -0.1) is 0 Å². The van der Waals surface area contributed by atoms with Gasteiger partial charge in [-0.3, -0.25) is 4.79 Å². The highest BCUT2D eigenvalue weighted by molar-refractivity contribution is 7.91. The van der Waals surface area contributed by atoms with E-state index in [0.29, 0.717) is 36.5 Å². The fourth-order valence-electron chi connectivity index (χ4n) is 2.25. The second-order valence-electron chi connectivity index (χ2n) is 5.35. The highest BCUT2D eigenvalue weighted by Crippen LogP contribution is 2.25. The Labute approximate surface area is 116 Å². The number of hydrogen-bond donors (Lipinski definition) is 2. The number of thiazole rings is 1. The molecule has 8 heteroatoms. The van der Waals surface area contributed by atoms with E-state index in [2.05, 4.69) is 9.71 Å². The predicted molar refractivity (Wildman–Crippen MR) is 73.1 cm³/mol. The number of H-pyrrole nitrogens is 1. The molecule has 0 radical (unpaired) electrons. The maximum atomic E-state index is 12.2. The van der Waals surface area contributed by atoms with Crippen molar-refractivity contribution in [3.05, 3.63) is 15.4 Å². The van der Waals surface area contributed by atoms with Gasteiger partial charge >= 0.3 is 4.87 Å². The van der Waals surface area contributed by atoms with Crippen molar-refractivity contribution >= 4 is 21.4 Å². The Morgan fingerprint density at radius 3 is 2.68 bits per heavy atom. The monoisotopic (exact) mass is 306 g/mol. The van der Waals surface area contributed by atoms with Crippen molar-refractivity contribution in [3.8, 4) is 0 Å². The summed E-state index contributed by atoms with van der Waals surface area (Å²) in [6.45, 7) is 5.99. The van der Waals surface area contributed by atoms with Crippen LogP contribution in [0.25, 0.3) is 0 Å². The molecule has 0 aromatic carbocycles. The lowest BCUT2D eigenvalue weighted by atomic mass is 9.95. The zero-order valence-electron chi connectivity index (χ0n) is 11.1. The average Bonchev–Trinajstić information content (AvgIpc) is 2.56. The van der Waals surface area contributed by atoms with E-state index in [1.54, 1.807) is 6.92 Å². The van der Waals surface area contributed by atoms with Crippen molar-refractivity contribution in [2.75, 3.05) is 6.61 Å². The smallest absolute Gasteiger partial charge is 0.305 e. The van der Waals surface area contributed by atoms with Crippen LogP contribution in [-0.2, 0) is 14.8 Å². The van der Waals surface area contributed by atoms with Crippen LogP contribution in [0.5, 0.6) is 0 Å². The summed E-state index contributed by atoms with van der Waals surface area (Å²) in [7, 11) is -3.64. The van der Waals surface area contributed by atoms with Gasteiger partial charge in [-0.1, -0.05) is 11.3 Å². The normalized spacial score (nSPS) is 23.4. The van der Waals surface area contributed by atoms with Crippen LogP contribution >= 0.6 is 11.3 Å². The van der Waals surface area contributed by atoms with E-state index in [0.717, 1.165) is 0 Å². The van der Waals surface area contributed by atoms with Crippen LogP contribution in [0.1, 0.15) is 32.4 Å². The Hall–Kier alpha value is -0.700. The van der Waals surface area contributed by atoms with Crippen LogP contribution in [0.4, 0.5) is 0 Å². The van der Waals surface area contributed by atoms with E-state index < -0.39 is 10.0 Å². The molecule has 0 bridgehead atoms. The molecule has 2 N–H and O–H groups in total. The molecule has 2 rings (SSSR count). The molecule has 1 atom stereocenters. The first-order valence-electron chi connectivity index (χ1n) is 6.06. The van der Waals surface area contributed by atoms with Crippen LogP contribution in [0.15, 0.2) is 9.00 Å². The van der Waals surface area contributed by atoms with E-state index in [1.165, 1.54) is 0 Å². The van der Waals surface area contributed by atoms with Gasteiger partial charge in [0.2, 0.25) is 0 Å². The van der Waals surface area contributed by atoms with Crippen molar-refractivity contribution < 1.29 is 13.2 Å². The van der Waals surface area contributed by atoms with Crippen molar-refractivity contribution in [2.45, 2.75) is 49.5 Å². The van der Waals surface area contributed by atoms with E-state index in [4.69, 9.17) is 4.74 Å². The maximum absolute atomic E-state index is 12.2. The molecule has 1 aromatic rings. The average molecular weight is 306 g/mol. The number of sulfonamides is 1. The molecule has 2 heterocycles. The van der Waals surface area contributed by atoms with E-state index >= 15 is 0 Å². The molecular weight excluding hydrogens is 288 g/mol. The highest BCUT2D eigenvalue weighted by Gasteiger charge is 2.32. The van der Waals surface area contributed by atoms with Crippen molar-refractivity contribution in [1.82, 2.24) is 9.71 Å². The third kappa shape index (κ3) is 3.44. The summed E-state index contributed by atoms with van der Waals surface area (Å²) in [5, 5.41) is 0. The van der Waals surface area contributed by atoms with Crippen LogP contribution in [0, 0.1) is 6.92 Å². The number of ether oxygens (including phenoxy) is 1. The number of rotatable bonds is 3. The first kappa shape index (κ1) is 14.7. The minimum atomic E-state index is -3.64. The Kier molecular flexibility index (Phi) is 3.87. The number of aryl methyl sites for hydroxylation is 1. The van der Waals surface area contributed by atoms with Gasteiger partial charge in [0.05, 0.1) is 5.60 Å². The molecule has 108 valence electrons. The second kappa shape index (κ2) is 5.01. The van der Waals surface area contributed by atoms with Gasteiger partial charge in [0.25, 0.3) is 10.0 Å². The number of nitrogens with one attached hydrogen (secondary N) is 2. The van der Waals surface area contributed by atoms with Crippen LogP contribution in [-0.4, -0.2) is 31.7 Å². The van der Waals surface area contributed by atoms with Gasteiger partial charge in [-0.2, -0.15) is 0 Å². The van der Waals surface area contributed by atoms with Crippen molar-refractivity contribution in [1.29, 1.82) is 0 Å². The van der Waals surface area contributed by atoms with E-state index in [9.17, 15) is 13.2 Å². The number of aromatic amines is 1. The van der Waals surface area contributed by atoms with E-state index in [-0.39, 0.29) is 20.7 Å². The molecular formula is C11H18N2O4S2. The summed E-state index contributed by atoms with van der Waals surface area (Å²) in [6, 6.07) is -0.162. The molecule has 1 aliphatic heterocycles. The zero-order chi connectivity index (χ0) is 14.3. The highest BCUT2D eigenvalue weighted by atomic mass is 32.2. The first-order chi connectivity index (χ1) is 8.70. The Balaban J connectivity index is 2.18. The summed E-state index contributed by atoms with van der Waals surface area (Å²) in [6.07, 6.45) is 1.26. The summed E-state index contributed by atoms with van der Waals surface area (Å²) >= 11 is 0.717. The van der Waals surface area contributed by atoms with E-state index in [1.807, 2.05) is 13.8 Å². The summed E-state index contributed by atoms with van der Waals surface area (Å²) < 4.78 is 32.8. The van der Waals surface area contributed by atoms with Gasteiger partial charge < -0.3 is 9.72 Å². The molecule has 1 aliphatic rings. The van der Waals surface area contributed by atoms with Crippen molar-refractivity contribution in [3.63, 3.8) is 0 Å². The summed E-state index contributed by atoms with van der Waals surface area (Å²) in [5.74, 6) is 0. The Morgan fingerprint density at radius 1 is 1.47 bits per heavy atom. The van der Waals surface area contributed by atoms with Gasteiger partial charge in [-0.25, -0.2) is 13.1 Å². The SMILES string of the molecule is Cc1[nH]c(=O)sc1S(=O)(=O)NC1CCOC(C)(C)C1. The molecule has 0 saturated carbocycles. The molecule has 0 aliphatic carbocycles. The molecule has 19 heavy (non-hydrogen) atoms. The molecule has 1 saturated heterocycles. The number of aromatic nitrogens is 1.